The Morgan fingerprint density at radius 3 is 2.62 bits per heavy atom. The minimum atomic E-state index is -1.21. The number of H-pyrrole nitrogens is 1. The summed E-state index contributed by atoms with van der Waals surface area (Å²) in [6, 6.07) is 4.62. The molecule has 1 aliphatic heterocycles. The molecular weight excluding hydrogens is 410 g/mol. The second-order valence-electron chi connectivity index (χ2n) is 10.3. The number of fused-ring (bicyclic) bond motifs is 3. The largest absolute Gasteiger partial charge is 0.480 e. The molecule has 2 bridgehead atoms. The average molecular weight is 440 g/mol. The molecule has 1 saturated heterocycles. The van der Waals surface area contributed by atoms with Gasteiger partial charge >= 0.3 is 11.9 Å². The Bertz CT molecular complexity index is 1120. The predicted octanol–water partition coefficient (Wildman–Crippen LogP) is 3.77. The number of carbonyl (C=O) groups is 3. The highest BCUT2D eigenvalue weighted by Gasteiger charge is 2.52. The molecule has 1 saturated carbocycles. The van der Waals surface area contributed by atoms with Crippen molar-refractivity contribution in [3.8, 4) is 0 Å². The van der Waals surface area contributed by atoms with Gasteiger partial charge in [-0.15, -0.1) is 0 Å². The van der Waals surface area contributed by atoms with Crippen molar-refractivity contribution in [3.63, 3.8) is 0 Å². The standard InChI is InChI=1S/C24H29N3O5/c1-23(2)9-15-10-24(3,12-23)13-27(15)21(22(31)32)17-11-25-18-5-4-14(8-16(17)18)26-19(28)6-7-20(29)30/h4-8,11,15,21,25H,9-10,12-13H2,1-3H3,(H,26,28)(H,29,30)(H,31,32)/b7-6+/t15-,21+,24+/m1/s1. The minimum absolute atomic E-state index is 0.0990. The number of hydrogen-bond acceptors (Lipinski definition) is 4. The lowest BCUT2D eigenvalue weighted by Crippen LogP contribution is -2.39. The van der Waals surface area contributed by atoms with Crippen LogP contribution in [0.5, 0.6) is 0 Å². The van der Waals surface area contributed by atoms with Crippen molar-refractivity contribution in [3.05, 3.63) is 42.1 Å². The van der Waals surface area contributed by atoms with Gasteiger partial charge in [0.25, 0.3) is 0 Å². The van der Waals surface area contributed by atoms with Gasteiger partial charge in [-0.3, -0.25) is 14.5 Å². The summed E-state index contributed by atoms with van der Waals surface area (Å²) in [5.41, 5.74) is 2.19. The van der Waals surface area contributed by atoms with E-state index in [4.69, 9.17) is 5.11 Å². The molecule has 0 radical (unpaired) electrons. The molecule has 1 amide bonds. The van der Waals surface area contributed by atoms with E-state index in [1.165, 1.54) is 0 Å². The van der Waals surface area contributed by atoms with Crippen molar-refractivity contribution < 1.29 is 24.6 Å². The summed E-state index contributed by atoms with van der Waals surface area (Å²) in [5, 5.41) is 22.3. The van der Waals surface area contributed by atoms with Gasteiger partial charge in [-0.1, -0.05) is 20.8 Å². The summed E-state index contributed by atoms with van der Waals surface area (Å²) in [6.45, 7) is 7.51. The summed E-state index contributed by atoms with van der Waals surface area (Å²) in [6.07, 6.45) is 6.50. The van der Waals surface area contributed by atoms with Gasteiger partial charge in [0.05, 0.1) is 0 Å². The van der Waals surface area contributed by atoms with Crippen LogP contribution in [0.1, 0.15) is 51.6 Å². The number of aromatic nitrogens is 1. The van der Waals surface area contributed by atoms with Crippen LogP contribution in [-0.4, -0.2) is 50.5 Å². The number of carbonyl (C=O) groups excluding carboxylic acids is 1. The molecule has 2 fully saturated rings. The zero-order valence-electron chi connectivity index (χ0n) is 18.5. The monoisotopic (exact) mass is 439 g/mol. The number of nitrogens with one attached hydrogen (secondary N) is 2. The summed E-state index contributed by atoms with van der Waals surface area (Å²) in [4.78, 5) is 40.4. The van der Waals surface area contributed by atoms with Gasteiger partial charge in [0, 0.05) is 53.1 Å². The SMILES string of the molecule is CC1(C)C[C@@H]2C[C@](C)(CN2[C@H](C(=O)O)c2c[nH]c3ccc(NC(=O)/C=C/C(=O)O)cc23)C1. The molecule has 0 spiro atoms. The smallest absolute Gasteiger partial charge is 0.328 e. The highest BCUT2D eigenvalue weighted by molar-refractivity contribution is 6.03. The maximum atomic E-state index is 12.5. The number of rotatable bonds is 6. The van der Waals surface area contributed by atoms with E-state index in [0.717, 1.165) is 48.9 Å². The lowest BCUT2D eigenvalue weighted by atomic mass is 9.65. The maximum absolute atomic E-state index is 12.5. The molecule has 32 heavy (non-hydrogen) atoms. The van der Waals surface area contributed by atoms with Crippen LogP contribution in [0.25, 0.3) is 10.9 Å². The zero-order chi connectivity index (χ0) is 23.3. The number of likely N-dealkylation sites (tertiary alicyclic amines) is 1. The third-order valence-electron chi connectivity index (χ3n) is 6.67. The predicted molar refractivity (Wildman–Crippen MR) is 120 cm³/mol. The quantitative estimate of drug-likeness (QED) is 0.508. The van der Waals surface area contributed by atoms with Gasteiger partial charge < -0.3 is 20.5 Å². The molecule has 0 unspecified atom stereocenters. The Balaban J connectivity index is 1.67. The van der Waals surface area contributed by atoms with E-state index in [0.29, 0.717) is 11.3 Å². The normalized spacial score (nSPS) is 25.8. The van der Waals surface area contributed by atoms with Crippen molar-refractivity contribution >= 4 is 34.4 Å². The minimum Gasteiger partial charge on any atom is -0.480 e. The molecule has 1 aliphatic carbocycles. The number of amides is 1. The lowest BCUT2D eigenvalue weighted by Gasteiger charge is -2.40. The topological polar surface area (TPSA) is 123 Å². The number of benzene rings is 1. The Labute approximate surface area is 186 Å². The molecule has 8 heteroatoms. The van der Waals surface area contributed by atoms with Crippen LogP contribution < -0.4 is 5.32 Å². The first kappa shape index (κ1) is 22.1. The van der Waals surface area contributed by atoms with Crippen molar-refractivity contribution in [2.75, 3.05) is 11.9 Å². The van der Waals surface area contributed by atoms with Crippen LogP contribution in [0, 0.1) is 10.8 Å². The summed E-state index contributed by atoms with van der Waals surface area (Å²) < 4.78 is 0. The van der Waals surface area contributed by atoms with Gasteiger partial charge in [-0.2, -0.15) is 0 Å². The van der Waals surface area contributed by atoms with Gasteiger partial charge in [-0.25, -0.2) is 4.79 Å². The molecule has 3 atom stereocenters. The molecule has 1 aromatic carbocycles. The van der Waals surface area contributed by atoms with Crippen LogP contribution in [0.3, 0.4) is 0 Å². The van der Waals surface area contributed by atoms with Crippen molar-refractivity contribution in [1.29, 1.82) is 0 Å². The molecule has 2 aromatic rings. The number of anilines is 1. The number of carboxylic acids is 2. The Morgan fingerprint density at radius 1 is 1.19 bits per heavy atom. The highest BCUT2D eigenvalue weighted by atomic mass is 16.4. The van der Waals surface area contributed by atoms with E-state index >= 15 is 0 Å². The second-order valence-corrected chi connectivity index (χ2v) is 10.3. The Kier molecular flexibility index (Phi) is 5.36. The summed E-state index contributed by atoms with van der Waals surface area (Å²) >= 11 is 0. The Hall–Kier alpha value is -3.13. The third kappa shape index (κ3) is 4.27. The fourth-order valence-electron chi connectivity index (χ4n) is 6.04. The van der Waals surface area contributed by atoms with E-state index < -0.39 is 23.9 Å². The Morgan fingerprint density at radius 2 is 1.94 bits per heavy atom. The molecule has 2 aliphatic rings. The van der Waals surface area contributed by atoms with Crippen LogP contribution in [0.4, 0.5) is 5.69 Å². The third-order valence-corrected chi connectivity index (χ3v) is 6.67. The second kappa shape index (κ2) is 7.78. The summed E-state index contributed by atoms with van der Waals surface area (Å²) in [5.74, 6) is -2.67. The highest BCUT2D eigenvalue weighted by Crippen LogP contribution is 2.54. The van der Waals surface area contributed by atoms with E-state index in [2.05, 4.69) is 36.0 Å². The van der Waals surface area contributed by atoms with Crippen molar-refractivity contribution in [2.24, 2.45) is 10.8 Å². The molecular formula is C24H29N3O5. The summed E-state index contributed by atoms with van der Waals surface area (Å²) in [7, 11) is 0. The van der Waals surface area contributed by atoms with Crippen molar-refractivity contribution in [2.45, 2.75) is 52.1 Å². The van der Waals surface area contributed by atoms with Gasteiger partial charge in [-0.05, 0) is 48.3 Å². The maximum Gasteiger partial charge on any atom is 0.328 e. The van der Waals surface area contributed by atoms with Crippen molar-refractivity contribution in [1.82, 2.24) is 9.88 Å². The molecule has 2 heterocycles. The van der Waals surface area contributed by atoms with E-state index in [9.17, 15) is 19.5 Å². The van der Waals surface area contributed by atoms with Crippen LogP contribution >= 0.6 is 0 Å². The van der Waals surface area contributed by atoms with Gasteiger partial charge in [0.2, 0.25) is 5.91 Å². The van der Waals surface area contributed by atoms with Crippen LogP contribution in [-0.2, 0) is 14.4 Å². The number of aliphatic carboxylic acids is 2. The molecule has 170 valence electrons. The molecule has 8 nitrogen and oxygen atoms in total. The van der Waals surface area contributed by atoms with E-state index in [1.54, 1.807) is 24.4 Å². The van der Waals surface area contributed by atoms with E-state index in [-0.39, 0.29) is 16.9 Å². The number of nitrogens with zero attached hydrogens (tertiary/aromatic N) is 1. The molecule has 1 aromatic heterocycles. The molecule has 4 N–H and O–H groups in total. The first-order chi connectivity index (χ1) is 15.0. The fraction of sp³-hybridized carbons (Fsp3) is 0.458. The lowest BCUT2D eigenvalue weighted by molar-refractivity contribution is -0.144. The van der Waals surface area contributed by atoms with E-state index in [1.807, 2.05) is 0 Å². The first-order valence-corrected chi connectivity index (χ1v) is 10.8. The number of carboxylic acid groups (broad SMARTS) is 2. The fourth-order valence-corrected chi connectivity index (χ4v) is 6.04. The van der Waals surface area contributed by atoms with Gasteiger partial charge in [0.15, 0.2) is 0 Å². The van der Waals surface area contributed by atoms with Crippen LogP contribution in [0.15, 0.2) is 36.5 Å². The number of aromatic amines is 1. The number of hydrogen-bond donors (Lipinski definition) is 4. The average Bonchev–Trinajstić information content (AvgIpc) is 3.17. The van der Waals surface area contributed by atoms with Crippen LogP contribution in [0.2, 0.25) is 0 Å². The molecule has 4 rings (SSSR count). The first-order valence-electron chi connectivity index (χ1n) is 10.8. The zero-order valence-corrected chi connectivity index (χ0v) is 18.5. The van der Waals surface area contributed by atoms with Gasteiger partial charge in [0.1, 0.15) is 6.04 Å².